The van der Waals surface area contributed by atoms with Crippen LogP contribution in [0.5, 0.6) is 0 Å². The number of methoxy groups -OCH3 is 1. The van der Waals surface area contributed by atoms with Crippen molar-refractivity contribution in [2.45, 2.75) is 64.2 Å². The molecule has 3 aromatic rings. The average molecular weight is 516 g/mol. The van der Waals surface area contributed by atoms with Crippen molar-refractivity contribution in [2.75, 3.05) is 7.11 Å². The quantitative estimate of drug-likeness (QED) is 0.438. The van der Waals surface area contributed by atoms with Crippen LogP contribution in [0.25, 0.3) is 16.7 Å². The number of hydrogen-bond donors (Lipinski definition) is 3. The van der Waals surface area contributed by atoms with Gasteiger partial charge in [0.1, 0.15) is 0 Å². The molecule has 1 amide bonds. The van der Waals surface area contributed by atoms with E-state index in [0.717, 1.165) is 18.2 Å². The topological polar surface area (TPSA) is 106 Å². The van der Waals surface area contributed by atoms with Gasteiger partial charge in [-0.05, 0) is 52.7 Å². The number of pyridine rings is 1. The van der Waals surface area contributed by atoms with Crippen molar-refractivity contribution in [1.29, 1.82) is 0 Å². The minimum atomic E-state index is -0.358. The van der Waals surface area contributed by atoms with Gasteiger partial charge in [0, 0.05) is 22.7 Å². The number of ketones is 1. The Bertz CT molecular complexity index is 1500. The summed E-state index contributed by atoms with van der Waals surface area (Å²) in [5, 5.41) is 9.35. The van der Waals surface area contributed by atoms with Crippen LogP contribution in [0.15, 0.2) is 65.1 Å². The van der Waals surface area contributed by atoms with Crippen LogP contribution >= 0.6 is 0 Å². The molecule has 1 fully saturated rings. The Hall–Kier alpha value is -3.75. The van der Waals surface area contributed by atoms with Gasteiger partial charge in [-0.1, -0.05) is 42.5 Å². The van der Waals surface area contributed by atoms with Gasteiger partial charge in [0.25, 0.3) is 5.56 Å². The molecule has 0 spiro atoms. The third-order valence-electron chi connectivity index (χ3n) is 7.35. The van der Waals surface area contributed by atoms with E-state index in [1.807, 2.05) is 30.3 Å². The number of carbonyl (C=O) groups excluding carboxylic acids is 2. The van der Waals surface area contributed by atoms with Crippen LogP contribution in [0.1, 0.15) is 56.5 Å². The van der Waals surface area contributed by atoms with E-state index in [1.54, 1.807) is 29.6 Å². The van der Waals surface area contributed by atoms with Gasteiger partial charge in [0.2, 0.25) is 11.5 Å². The number of benzene rings is 2. The summed E-state index contributed by atoms with van der Waals surface area (Å²) in [6.07, 6.45) is 1.56. The highest BCUT2D eigenvalue weighted by Gasteiger charge is 2.42. The van der Waals surface area contributed by atoms with Gasteiger partial charge >= 0.3 is 5.91 Å². The molecule has 3 heterocycles. The van der Waals surface area contributed by atoms with Crippen molar-refractivity contribution in [2.24, 2.45) is 0 Å². The van der Waals surface area contributed by atoms with Gasteiger partial charge in [-0.2, -0.15) is 0 Å². The summed E-state index contributed by atoms with van der Waals surface area (Å²) in [7, 11) is 1.47. The summed E-state index contributed by atoms with van der Waals surface area (Å²) in [5.41, 5.74) is 1.83. The molecule has 1 aromatic heterocycles. The van der Waals surface area contributed by atoms with Gasteiger partial charge in [0.15, 0.2) is 17.0 Å². The van der Waals surface area contributed by atoms with Crippen LogP contribution in [0.2, 0.25) is 0 Å². The molecule has 0 atom stereocenters. The Balaban J connectivity index is 1.54. The molecule has 0 aliphatic carbocycles. The van der Waals surface area contributed by atoms with Crippen molar-refractivity contribution in [3.63, 3.8) is 0 Å². The molecule has 0 radical (unpaired) electrons. The summed E-state index contributed by atoms with van der Waals surface area (Å²) in [5.74, 6) is -0.203. The SMILES string of the molecule is COC1=C(C(=O)NC2CC(C)(C)NC(C)(C)C2)[NH2+]c2c1c(=O)n(CC(=O)c1ccccc1)c1ccccc21. The standard InChI is InChI=1S/C30H34N4O4/c1-29(2)15-19(16-30(3,4)33-29)31-27(36)25-26(38-5)23-24(32-25)20-13-9-10-14-21(20)34(28(23)37)17-22(35)18-11-7-6-8-12-18/h6-14,19,32-33H,15-17H2,1-5H3,(H,31,36)/p+1. The van der Waals surface area contributed by atoms with Gasteiger partial charge in [0.05, 0.1) is 24.6 Å². The van der Waals surface area contributed by atoms with Gasteiger partial charge < -0.3 is 15.4 Å². The van der Waals surface area contributed by atoms with E-state index in [1.165, 1.54) is 11.7 Å². The lowest BCUT2D eigenvalue weighted by atomic mass is 9.79. The number of aromatic nitrogens is 1. The molecule has 2 aliphatic heterocycles. The van der Waals surface area contributed by atoms with Crippen molar-refractivity contribution in [3.8, 4) is 0 Å². The Morgan fingerprint density at radius 2 is 1.66 bits per heavy atom. The summed E-state index contributed by atoms with van der Waals surface area (Å²) in [6.45, 7) is 8.42. The summed E-state index contributed by atoms with van der Waals surface area (Å²) in [6, 6.07) is 16.3. The van der Waals surface area contributed by atoms with E-state index >= 15 is 0 Å². The zero-order valence-corrected chi connectivity index (χ0v) is 22.6. The molecule has 198 valence electrons. The number of nitrogens with two attached hydrogens (primary N) is 1. The first-order valence-corrected chi connectivity index (χ1v) is 13.0. The zero-order chi connectivity index (χ0) is 27.2. The molecule has 2 aromatic carbocycles. The van der Waals surface area contributed by atoms with Crippen molar-refractivity contribution < 1.29 is 19.6 Å². The maximum atomic E-state index is 13.9. The molecule has 5 rings (SSSR count). The molecule has 8 heteroatoms. The monoisotopic (exact) mass is 515 g/mol. The fraction of sp³-hybridized carbons (Fsp3) is 0.367. The zero-order valence-electron chi connectivity index (χ0n) is 22.6. The van der Waals surface area contributed by atoms with Crippen LogP contribution in [-0.4, -0.2) is 40.5 Å². The summed E-state index contributed by atoms with van der Waals surface area (Å²) >= 11 is 0. The average Bonchev–Trinajstić information content (AvgIpc) is 3.25. The highest BCUT2D eigenvalue weighted by Crippen LogP contribution is 2.33. The number of hydrogen-bond acceptors (Lipinski definition) is 5. The first kappa shape index (κ1) is 25.9. The lowest BCUT2D eigenvalue weighted by Crippen LogP contribution is -2.77. The van der Waals surface area contributed by atoms with Crippen LogP contribution in [0.4, 0.5) is 5.69 Å². The second-order valence-electron chi connectivity index (χ2n) is 11.5. The Morgan fingerprint density at radius 1 is 1.03 bits per heavy atom. The van der Waals surface area contributed by atoms with E-state index in [0.29, 0.717) is 28.0 Å². The third kappa shape index (κ3) is 4.77. The molecule has 38 heavy (non-hydrogen) atoms. The molecule has 0 bridgehead atoms. The normalized spacial score (nSPS) is 18.3. The molecule has 0 unspecified atom stereocenters. The van der Waals surface area contributed by atoms with Crippen LogP contribution in [0, 0.1) is 0 Å². The van der Waals surface area contributed by atoms with Crippen molar-refractivity contribution >= 4 is 34.0 Å². The number of piperidine rings is 1. The Morgan fingerprint density at radius 3 is 2.32 bits per heavy atom. The van der Waals surface area contributed by atoms with Gasteiger partial charge in [-0.3, -0.25) is 24.3 Å². The summed E-state index contributed by atoms with van der Waals surface area (Å²) < 4.78 is 7.17. The number of para-hydroxylation sites is 1. The number of ether oxygens (including phenoxy) is 1. The van der Waals surface area contributed by atoms with Gasteiger partial charge in [-0.25, -0.2) is 0 Å². The predicted molar refractivity (Wildman–Crippen MR) is 147 cm³/mol. The molecular weight excluding hydrogens is 480 g/mol. The van der Waals surface area contributed by atoms with Crippen LogP contribution < -0.4 is 21.5 Å². The van der Waals surface area contributed by atoms with Crippen molar-refractivity contribution in [3.05, 3.63) is 81.8 Å². The highest BCUT2D eigenvalue weighted by molar-refractivity contribution is 6.04. The fourth-order valence-electron chi connectivity index (χ4n) is 6.23. The predicted octanol–water partition coefficient (Wildman–Crippen LogP) is 2.83. The third-order valence-corrected chi connectivity index (χ3v) is 7.35. The molecule has 8 nitrogen and oxygen atoms in total. The van der Waals surface area contributed by atoms with E-state index in [9.17, 15) is 14.4 Å². The number of rotatable bonds is 6. The second-order valence-corrected chi connectivity index (χ2v) is 11.5. The number of nitrogens with zero attached hydrogens (tertiary/aromatic N) is 1. The minimum Gasteiger partial charge on any atom is -0.490 e. The fourth-order valence-corrected chi connectivity index (χ4v) is 6.23. The first-order valence-electron chi connectivity index (χ1n) is 13.0. The van der Waals surface area contributed by atoms with E-state index in [4.69, 9.17) is 4.74 Å². The maximum Gasteiger partial charge on any atom is 0.309 e. The lowest BCUT2D eigenvalue weighted by molar-refractivity contribution is -0.505. The van der Waals surface area contributed by atoms with Gasteiger partial charge in [-0.15, -0.1) is 0 Å². The van der Waals surface area contributed by atoms with Crippen LogP contribution in [-0.2, 0) is 16.1 Å². The first-order chi connectivity index (χ1) is 18.0. The number of carbonyl (C=O) groups is 2. The maximum absolute atomic E-state index is 13.9. The number of fused-ring (bicyclic) bond motifs is 3. The highest BCUT2D eigenvalue weighted by atomic mass is 16.5. The van der Waals surface area contributed by atoms with Crippen molar-refractivity contribution in [1.82, 2.24) is 15.2 Å². The summed E-state index contributed by atoms with van der Waals surface area (Å²) in [4.78, 5) is 40.6. The number of quaternary nitrogens is 1. The number of amides is 1. The van der Waals surface area contributed by atoms with E-state index < -0.39 is 0 Å². The number of nitrogens with one attached hydrogen (secondary N) is 2. The molecule has 4 N–H and O–H groups in total. The van der Waals surface area contributed by atoms with E-state index in [2.05, 4.69) is 38.3 Å². The largest absolute Gasteiger partial charge is 0.490 e. The molecular formula is C30H35N4O4+. The minimum absolute atomic E-state index is 0.0339. The Kier molecular flexibility index (Phi) is 6.49. The number of Topliss-reactive ketones (excluding diaryl/α,β-unsaturated/α-hetero) is 1. The molecule has 1 saturated heterocycles. The Labute approximate surface area is 222 Å². The second kappa shape index (κ2) is 9.53. The van der Waals surface area contributed by atoms with Crippen LogP contribution in [0.3, 0.4) is 0 Å². The molecule has 2 aliphatic rings. The van der Waals surface area contributed by atoms with E-state index in [-0.39, 0.29) is 46.7 Å². The lowest BCUT2D eigenvalue weighted by Gasteiger charge is -2.46. The smallest absolute Gasteiger partial charge is 0.309 e. The molecule has 0 saturated carbocycles.